The van der Waals surface area contributed by atoms with Crippen molar-refractivity contribution in [3.63, 3.8) is 0 Å². The van der Waals surface area contributed by atoms with Gasteiger partial charge in [0.1, 0.15) is 5.01 Å². The summed E-state index contributed by atoms with van der Waals surface area (Å²) in [4.78, 5) is 12.1. The lowest BCUT2D eigenvalue weighted by Crippen LogP contribution is -2.24. The lowest BCUT2D eigenvalue weighted by Gasteiger charge is -2.06. The Morgan fingerprint density at radius 2 is 2.18 bits per heavy atom. The molecule has 22 heavy (non-hydrogen) atoms. The number of aromatic nitrogens is 2. The van der Waals surface area contributed by atoms with Crippen LogP contribution in [0.5, 0.6) is 0 Å². The Hall–Kier alpha value is -1.40. The van der Waals surface area contributed by atoms with Gasteiger partial charge in [-0.15, -0.1) is 10.2 Å². The summed E-state index contributed by atoms with van der Waals surface area (Å²) in [6, 6.07) is 6.10. The predicted molar refractivity (Wildman–Crippen MR) is 90.8 cm³/mol. The van der Waals surface area contributed by atoms with Crippen molar-refractivity contribution in [3.05, 3.63) is 39.9 Å². The fourth-order valence-corrected chi connectivity index (χ4v) is 4.41. The predicted octanol–water partition coefficient (Wildman–Crippen LogP) is 3.25. The molecule has 1 heterocycles. The minimum Gasteiger partial charge on any atom is -0.352 e. The average Bonchev–Trinajstić information content (AvgIpc) is 3.14. The van der Waals surface area contributed by atoms with Crippen LogP contribution in [0.2, 0.25) is 0 Å². The minimum atomic E-state index is 0.0338. The number of carbonyl (C=O) groups is 1. The summed E-state index contributed by atoms with van der Waals surface area (Å²) in [6.07, 6.45) is 4.40. The highest BCUT2D eigenvalue weighted by atomic mass is 32.2. The number of amides is 1. The first kappa shape index (κ1) is 15.5. The fraction of sp³-hybridized carbons (Fsp3) is 0.438. The van der Waals surface area contributed by atoms with Gasteiger partial charge in [-0.05, 0) is 55.9 Å². The van der Waals surface area contributed by atoms with Crippen molar-refractivity contribution in [1.82, 2.24) is 15.5 Å². The second kappa shape index (κ2) is 7.24. The molecule has 0 atom stereocenters. The van der Waals surface area contributed by atoms with Crippen molar-refractivity contribution in [2.45, 2.75) is 36.9 Å². The Morgan fingerprint density at radius 1 is 1.32 bits per heavy atom. The van der Waals surface area contributed by atoms with Crippen LogP contribution in [-0.4, -0.2) is 28.4 Å². The summed E-state index contributed by atoms with van der Waals surface area (Å²) in [5, 5.41) is 12.1. The lowest BCUT2D eigenvalue weighted by molar-refractivity contribution is 0.0953. The zero-order valence-electron chi connectivity index (χ0n) is 12.6. The van der Waals surface area contributed by atoms with Gasteiger partial charge in [0.05, 0.1) is 0 Å². The fourth-order valence-electron chi connectivity index (χ4n) is 2.59. The first-order valence-electron chi connectivity index (χ1n) is 7.55. The Bertz CT molecular complexity index is 669. The Labute approximate surface area is 138 Å². The highest BCUT2D eigenvalue weighted by Crippen LogP contribution is 2.23. The maximum Gasteiger partial charge on any atom is 0.251 e. The maximum absolute atomic E-state index is 12.1. The molecule has 6 heteroatoms. The smallest absolute Gasteiger partial charge is 0.251 e. The molecule has 1 aliphatic rings. The van der Waals surface area contributed by atoms with E-state index in [1.807, 2.05) is 13.0 Å². The normalized spacial score (nSPS) is 13.1. The van der Waals surface area contributed by atoms with E-state index in [1.54, 1.807) is 23.1 Å². The highest BCUT2D eigenvalue weighted by molar-refractivity contribution is 8.01. The lowest BCUT2D eigenvalue weighted by atomic mass is 10.1. The van der Waals surface area contributed by atoms with E-state index < -0.39 is 0 Å². The zero-order valence-corrected chi connectivity index (χ0v) is 14.2. The molecule has 3 rings (SSSR count). The van der Waals surface area contributed by atoms with Gasteiger partial charge < -0.3 is 5.32 Å². The molecule has 0 fully saturated rings. The highest BCUT2D eigenvalue weighted by Gasteiger charge is 2.13. The number of rotatable bonds is 6. The summed E-state index contributed by atoms with van der Waals surface area (Å²) in [5.41, 5.74) is 3.53. The van der Waals surface area contributed by atoms with Crippen LogP contribution in [0, 0.1) is 6.92 Å². The molecule has 116 valence electrons. The van der Waals surface area contributed by atoms with Gasteiger partial charge in [0.2, 0.25) is 0 Å². The SMILES string of the molecule is Cc1nnc(SCCCNC(=O)c2ccc3c(c2)CCC3)s1. The number of fused-ring (bicyclic) bond motifs is 1. The van der Waals surface area contributed by atoms with Gasteiger partial charge in [-0.2, -0.15) is 0 Å². The Kier molecular flexibility index (Phi) is 5.10. The third-order valence-corrected chi connectivity index (χ3v) is 5.76. The minimum absolute atomic E-state index is 0.0338. The van der Waals surface area contributed by atoms with E-state index in [-0.39, 0.29) is 5.91 Å². The number of benzene rings is 1. The first-order valence-corrected chi connectivity index (χ1v) is 9.35. The van der Waals surface area contributed by atoms with Gasteiger partial charge >= 0.3 is 0 Å². The molecule has 0 radical (unpaired) electrons. The van der Waals surface area contributed by atoms with E-state index >= 15 is 0 Å². The van der Waals surface area contributed by atoms with E-state index in [0.29, 0.717) is 6.54 Å². The molecule has 1 aliphatic carbocycles. The summed E-state index contributed by atoms with van der Waals surface area (Å²) >= 11 is 3.31. The molecule has 1 N–H and O–H groups in total. The number of thioether (sulfide) groups is 1. The standard InChI is InChI=1S/C16H19N3OS2/c1-11-18-19-16(22-11)21-9-3-8-17-15(20)14-7-6-12-4-2-5-13(12)10-14/h6-7,10H,2-5,8-9H2,1H3,(H,17,20). The second-order valence-corrected chi connectivity index (χ2v) is 7.91. The summed E-state index contributed by atoms with van der Waals surface area (Å²) < 4.78 is 1.00. The summed E-state index contributed by atoms with van der Waals surface area (Å²) in [7, 11) is 0. The monoisotopic (exact) mass is 333 g/mol. The van der Waals surface area contributed by atoms with Crippen LogP contribution in [0.4, 0.5) is 0 Å². The quantitative estimate of drug-likeness (QED) is 0.651. The van der Waals surface area contributed by atoms with Crippen LogP contribution in [0.3, 0.4) is 0 Å². The molecule has 0 bridgehead atoms. The van der Waals surface area contributed by atoms with Crippen LogP contribution in [0.1, 0.15) is 39.3 Å². The molecule has 1 amide bonds. The van der Waals surface area contributed by atoms with E-state index in [9.17, 15) is 4.79 Å². The van der Waals surface area contributed by atoms with Gasteiger partial charge in [0.25, 0.3) is 5.91 Å². The van der Waals surface area contributed by atoms with E-state index in [0.717, 1.165) is 39.9 Å². The van der Waals surface area contributed by atoms with Gasteiger partial charge in [0, 0.05) is 17.9 Å². The molecule has 0 saturated heterocycles. The number of nitrogens with one attached hydrogen (secondary N) is 1. The molecule has 4 nitrogen and oxygen atoms in total. The molecule has 1 aromatic heterocycles. The van der Waals surface area contributed by atoms with E-state index in [1.165, 1.54) is 17.5 Å². The van der Waals surface area contributed by atoms with Crippen LogP contribution in [0.15, 0.2) is 22.5 Å². The van der Waals surface area contributed by atoms with Crippen molar-refractivity contribution in [3.8, 4) is 0 Å². The van der Waals surface area contributed by atoms with Crippen LogP contribution < -0.4 is 5.32 Å². The largest absolute Gasteiger partial charge is 0.352 e. The van der Waals surface area contributed by atoms with E-state index in [4.69, 9.17) is 0 Å². The summed E-state index contributed by atoms with van der Waals surface area (Å²) in [5.74, 6) is 0.977. The topological polar surface area (TPSA) is 54.9 Å². The van der Waals surface area contributed by atoms with Gasteiger partial charge in [-0.3, -0.25) is 4.79 Å². The van der Waals surface area contributed by atoms with Crippen LogP contribution >= 0.6 is 23.1 Å². The molecule has 0 saturated carbocycles. The van der Waals surface area contributed by atoms with Crippen LogP contribution in [-0.2, 0) is 12.8 Å². The second-order valence-electron chi connectivity index (χ2n) is 5.38. The molecule has 0 unspecified atom stereocenters. The molecule has 2 aromatic rings. The number of nitrogens with zero attached hydrogens (tertiary/aromatic N) is 2. The van der Waals surface area contributed by atoms with Crippen molar-refractivity contribution < 1.29 is 4.79 Å². The zero-order chi connectivity index (χ0) is 15.4. The van der Waals surface area contributed by atoms with Gasteiger partial charge in [0.15, 0.2) is 4.34 Å². The molecular weight excluding hydrogens is 314 g/mol. The number of carbonyl (C=O) groups excluding carboxylic acids is 1. The van der Waals surface area contributed by atoms with Gasteiger partial charge in [-0.1, -0.05) is 29.2 Å². The third-order valence-electron chi connectivity index (χ3n) is 3.70. The number of hydrogen-bond donors (Lipinski definition) is 1. The number of hydrogen-bond acceptors (Lipinski definition) is 5. The molecule has 0 spiro atoms. The van der Waals surface area contributed by atoms with Gasteiger partial charge in [-0.25, -0.2) is 0 Å². The molecular formula is C16H19N3OS2. The van der Waals surface area contributed by atoms with Crippen molar-refractivity contribution in [2.75, 3.05) is 12.3 Å². The summed E-state index contributed by atoms with van der Waals surface area (Å²) in [6.45, 7) is 2.65. The van der Waals surface area contributed by atoms with Crippen LogP contribution in [0.25, 0.3) is 0 Å². The molecule has 0 aliphatic heterocycles. The maximum atomic E-state index is 12.1. The van der Waals surface area contributed by atoms with E-state index in [2.05, 4.69) is 27.6 Å². The molecule has 1 aromatic carbocycles. The van der Waals surface area contributed by atoms with Crippen molar-refractivity contribution in [2.24, 2.45) is 0 Å². The van der Waals surface area contributed by atoms with Crippen molar-refractivity contribution >= 4 is 29.0 Å². The first-order chi connectivity index (χ1) is 10.7. The third kappa shape index (κ3) is 3.87. The Morgan fingerprint density at radius 3 is 3.00 bits per heavy atom. The average molecular weight is 333 g/mol. The number of aryl methyl sites for hydroxylation is 3. The van der Waals surface area contributed by atoms with Crippen molar-refractivity contribution in [1.29, 1.82) is 0 Å². The Balaban J connectivity index is 1.41.